The molecule has 2 aromatic heterocycles. The van der Waals surface area contributed by atoms with Crippen LogP contribution >= 0.6 is 15.9 Å². The first-order valence-corrected chi connectivity index (χ1v) is 7.95. The average Bonchev–Trinajstić information content (AvgIpc) is 2.57. The van der Waals surface area contributed by atoms with E-state index in [2.05, 4.69) is 31.3 Å². The van der Waals surface area contributed by atoms with E-state index in [0.29, 0.717) is 11.4 Å². The molecule has 0 radical (unpaired) electrons. The van der Waals surface area contributed by atoms with Crippen molar-refractivity contribution in [2.24, 2.45) is 0 Å². The number of aromatic nitrogens is 3. The topological polar surface area (TPSA) is 76.9 Å². The van der Waals surface area contributed by atoms with Crippen LogP contribution in [0.2, 0.25) is 0 Å². The van der Waals surface area contributed by atoms with Gasteiger partial charge in [0, 0.05) is 34.2 Å². The molecule has 3 rings (SSSR count). The largest absolute Gasteiger partial charge is 0.324 e. The summed E-state index contributed by atoms with van der Waals surface area (Å²) >= 11 is 3.34. The second kappa shape index (κ2) is 7.18. The molecule has 7 heteroatoms. The highest BCUT2D eigenvalue weighted by atomic mass is 79.9. The molecule has 0 aliphatic rings. The summed E-state index contributed by atoms with van der Waals surface area (Å²) in [6.07, 6.45) is 3.31. The molecule has 0 bridgehead atoms. The van der Waals surface area contributed by atoms with Gasteiger partial charge in [-0.1, -0.05) is 22.0 Å². The van der Waals surface area contributed by atoms with Gasteiger partial charge in [-0.05, 0) is 36.4 Å². The fourth-order valence-electron chi connectivity index (χ4n) is 2.13. The molecule has 0 saturated carbocycles. The van der Waals surface area contributed by atoms with Gasteiger partial charge in [0.25, 0.3) is 5.56 Å². The summed E-state index contributed by atoms with van der Waals surface area (Å²) < 4.78 is 1.99. The number of benzene rings is 1. The van der Waals surface area contributed by atoms with Gasteiger partial charge in [-0.15, -0.1) is 0 Å². The molecule has 3 aromatic rings. The molecule has 24 heavy (non-hydrogen) atoms. The van der Waals surface area contributed by atoms with E-state index >= 15 is 0 Å². The molecule has 0 saturated heterocycles. The minimum atomic E-state index is -0.341. The van der Waals surface area contributed by atoms with Crippen molar-refractivity contribution in [3.05, 3.63) is 75.8 Å². The first kappa shape index (κ1) is 16.1. The van der Waals surface area contributed by atoms with Crippen LogP contribution in [-0.4, -0.2) is 20.7 Å². The van der Waals surface area contributed by atoms with Gasteiger partial charge in [-0.25, -0.2) is 4.68 Å². The molecular weight excluding hydrogens is 372 g/mol. The Bertz CT molecular complexity index is 925. The molecule has 0 unspecified atom stereocenters. The molecule has 0 aliphatic carbocycles. The molecule has 0 fully saturated rings. The highest BCUT2D eigenvalue weighted by Gasteiger charge is 2.08. The maximum atomic E-state index is 12.2. The van der Waals surface area contributed by atoms with Crippen molar-refractivity contribution in [3.8, 4) is 11.3 Å². The summed E-state index contributed by atoms with van der Waals surface area (Å²) in [7, 11) is 0. The van der Waals surface area contributed by atoms with E-state index in [4.69, 9.17) is 0 Å². The zero-order chi connectivity index (χ0) is 16.9. The molecule has 0 spiro atoms. The number of rotatable bonds is 4. The summed E-state index contributed by atoms with van der Waals surface area (Å²) in [6, 6.07) is 13.8. The number of nitrogens with one attached hydrogen (secondary N) is 1. The lowest BCUT2D eigenvalue weighted by Crippen LogP contribution is -2.29. The van der Waals surface area contributed by atoms with Gasteiger partial charge in [-0.2, -0.15) is 5.10 Å². The van der Waals surface area contributed by atoms with Crippen LogP contribution < -0.4 is 10.9 Å². The van der Waals surface area contributed by atoms with Crippen LogP contribution in [0, 0.1) is 0 Å². The van der Waals surface area contributed by atoms with Crippen molar-refractivity contribution in [3.63, 3.8) is 0 Å². The van der Waals surface area contributed by atoms with Crippen LogP contribution in [0.3, 0.4) is 0 Å². The number of halogens is 1. The molecule has 1 N–H and O–H groups in total. The minimum Gasteiger partial charge on any atom is -0.324 e. The van der Waals surface area contributed by atoms with E-state index in [9.17, 15) is 9.59 Å². The number of nitrogens with zero attached hydrogens (tertiary/aromatic N) is 3. The molecule has 6 nitrogen and oxygen atoms in total. The van der Waals surface area contributed by atoms with Crippen LogP contribution in [-0.2, 0) is 11.3 Å². The lowest BCUT2D eigenvalue weighted by atomic mass is 10.2. The number of anilines is 1. The van der Waals surface area contributed by atoms with Crippen LogP contribution in [0.25, 0.3) is 11.3 Å². The Labute approximate surface area is 146 Å². The predicted molar refractivity (Wildman–Crippen MR) is 94.5 cm³/mol. The SMILES string of the molecule is O=C(Cn1nc(-c2cccnc2)ccc1=O)Nc1cccc(Br)c1. The van der Waals surface area contributed by atoms with Crippen molar-refractivity contribution in [1.29, 1.82) is 0 Å². The number of carbonyl (C=O) groups excluding carboxylic acids is 1. The highest BCUT2D eigenvalue weighted by Crippen LogP contribution is 2.16. The zero-order valence-corrected chi connectivity index (χ0v) is 14.1. The van der Waals surface area contributed by atoms with E-state index in [1.807, 2.05) is 18.2 Å². The second-order valence-corrected chi connectivity index (χ2v) is 5.93. The molecule has 0 atom stereocenters. The molecule has 2 heterocycles. The van der Waals surface area contributed by atoms with Crippen molar-refractivity contribution in [1.82, 2.24) is 14.8 Å². The molecule has 0 aliphatic heterocycles. The Kier molecular flexibility index (Phi) is 4.81. The maximum Gasteiger partial charge on any atom is 0.267 e. The van der Waals surface area contributed by atoms with Crippen molar-refractivity contribution in [2.45, 2.75) is 6.54 Å². The summed E-state index contributed by atoms with van der Waals surface area (Å²) in [6.45, 7) is -0.167. The van der Waals surface area contributed by atoms with Gasteiger partial charge in [0.2, 0.25) is 5.91 Å². The Morgan fingerprint density at radius 2 is 2.04 bits per heavy atom. The van der Waals surface area contributed by atoms with E-state index in [0.717, 1.165) is 14.7 Å². The predicted octanol–water partition coefficient (Wildman–Crippen LogP) is 2.71. The smallest absolute Gasteiger partial charge is 0.267 e. The van der Waals surface area contributed by atoms with Gasteiger partial charge in [0.05, 0.1) is 5.69 Å². The lowest BCUT2D eigenvalue weighted by Gasteiger charge is -2.08. The summed E-state index contributed by atoms with van der Waals surface area (Å²) in [5.41, 5.74) is 1.66. The summed E-state index contributed by atoms with van der Waals surface area (Å²) in [5, 5.41) is 6.97. The highest BCUT2D eigenvalue weighted by molar-refractivity contribution is 9.10. The standard InChI is InChI=1S/C17H13BrN4O2/c18-13-4-1-5-14(9-13)20-16(23)11-22-17(24)7-6-15(21-22)12-3-2-8-19-10-12/h1-10H,11H2,(H,20,23). The third-order valence-corrected chi connectivity index (χ3v) is 3.72. The molecular formula is C17H13BrN4O2. The number of hydrogen-bond acceptors (Lipinski definition) is 4. The minimum absolute atomic E-state index is 0.167. The normalized spacial score (nSPS) is 10.4. The van der Waals surface area contributed by atoms with Gasteiger partial charge in [0.15, 0.2) is 0 Å². The van der Waals surface area contributed by atoms with Crippen LogP contribution in [0.4, 0.5) is 5.69 Å². The van der Waals surface area contributed by atoms with Crippen molar-refractivity contribution in [2.75, 3.05) is 5.32 Å². The number of amides is 1. The Morgan fingerprint density at radius 3 is 2.79 bits per heavy atom. The molecule has 120 valence electrons. The van der Waals surface area contributed by atoms with Gasteiger partial charge in [-0.3, -0.25) is 14.6 Å². The van der Waals surface area contributed by atoms with E-state index in [1.165, 1.54) is 6.07 Å². The summed E-state index contributed by atoms with van der Waals surface area (Å²) in [5.74, 6) is -0.328. The number of hydrogen-bond donors (Lipinski definition) is 1. The maximum absolute atomic E-state index is 12.2. The van der Waals surface area contributed by atoms with E-state index < -0.39 is 0 Å². The van der Waals surface area contributed by atoms with Crippen LogP contribution in [0.15, 0.2) is 70.2 Å². The van der Waals surface area contributed by atoms with E-state index in [1.54, 1.807) is 36.7 Å². The second-order valence-electron chi connectivity index (χ2n) is 5.01. The fourth-order valence-corrected chi connectivity index (χ4v) is 2.53. The number of pyridine rings is 1. The monoisotopic (exact) mass is 384 g/mol. The van der Waals surface area contributed by atoms with Crippen molar-refractivity contribution >= 4 is 27.5 Å². The Hall–Kier alpha value is -2.80. The Morgan fingerprint density at radius 1 is 1.17 bits per heavy atom. The van der Waals surface area contributed by atoms with Gasteiger partial charge < -0.3 is 5.32 Å². The third-order valence-electron chi connectivity index (χ3n) is 3.23. The summed E-state index contributed by atoms with van der Waals surface area (Å²) in [4.78, 5) is 28.1. The fraction of sp³-hybridized carbons (Fsp3) is 0.0588. The number of carbonyl (C=O) groups is 1. The quantitative estimate of drug-likeness (QED) is 0.749. The van der Waals surface area contributed by atoms with Crippen LogP contribution in [0.1, 0.15) is 0 Å². The third kappa shape index (κ3) is 3.94. The lowest BCUT2D eigenvalue weighted by molar-refractivity contribution is -0.117. The van der Waals surface area contributed by atoms with Gasteiger partial charge in [0.1, 0.15) is 6.54 Å². The Balaban J connectivity index is 1.79. The van der Waals surface area contributed by atoms with Gasteiger partial charge >= 0.3 is 0 Å². The van der Waals surface area contributed by atoms with Crippen LogP contribution in [0.5, 0.6) is 0 Å². The van der Waals surface area contributed by atoms with E-state index in [-0.39, 0.29) is 18.0 Å². The first-order chi connectivity index (χ1) is 11.6. The molecule has 1 aromatic carbocycles. The first-order valence-electron chi connectivity index (χ1n) is 7.16. The molecule has 1 amide bonds. The average molecular weight is 385 g/mol. The zero-order valence-electron chi connectivity index (χ0n) is 12.5. The van der Waals surface area contributed by atoms with Crippen molar-refractivity contribution < 1.29 is 4.79 Å².